The van der Waals surface area contributed by atoms with Crippen LogP contribution in [0.2, 0.25) is 0 Å². The number of carbonyl (C=O) groups is 1. The SMILES string of the molecule is C#CCCC(=O)C(CN)C(C)C. The molecule has 0 saturated carbocycles. The second-order valence-corrected chi connectivity index (χ2v) is 3.26. The van der Waals surface area contributed by atoms with Crippen molar-refractivity contribution >= 4 is 5.78 Å². The monoisotopic (exact) mass is 167 g/mol. The summed E-state index contributed by atoms with van der Waals surface area (Å²) in [7, 11) is 0. The van der Waals surface area contributed by atoms with Crippen LogP contribution in [0.3, 0.4) is 0 Å². The van der Waals surface area contributed by atoms with Gasteiger partial charge in [-0.15, -0.1) is 12.3 Å². The van der Waals surface area contributed by atoms with E-state index in [1.807, 2.05) is 13.8 Å². The first kappa shape index (κ1) is 11.2. The lowest BCUT2D eigenvalue weighted by atomic mass is 9.89. The lowest BCUT2D eigenvalue weighted by molar-refractivity contribution is -0.123. The van der Waals surface area contributed by atoms with Gasteiger partial charge in [0.1, 0.15) is 5.78 Å². The van der Waals surface area contributed by atoms with Gasteiger partial charge in [-0.25, -0.2) is 0 Å². The van der Waals surface area contributed by atoms with E-state index in [0.29, 0.717) is 25.3 Å². The van der Waals surface area contributed by atoms with Crippen molar-refractivity contribution in [3.63, 3.8) is 0 Å². The van der Waals surface area contributed by atoms with Gasteiger partial charge in [-0.05, 0) is 5.92 Å². The van der Waals surface area contributed by atoms with E-state index < -0.39 is 0 Å². The highest BCUT2D eigenvalue weighted by molar-refractivity contribution is 5.81. The van der Waals surface area contributed by atoms with Crippen LogP contribution < -0.4 is 5.73 Å². The van der Waals surface area contributed by atoms with Crippen molar-refractivity contribution in [3.05, 3.63) is 0 Å². The summed E-state index contributed by atoms with van der Waals surface area (Å²) in [5, 5.41) is 0. The summed E-state index contributed by atoms with van der Waals surface area (Å²) in [5.41, 5.74) is 5.47. The first-order valence-electron chi connectivity index (χ1n) is 4.29. The topological polar surface area (TPSA) is 43.1 Å². The third kappa shape index (κ3) is 3.54. The molecular formula is C10H17NO. The molecule has 1 unspecified atom stereocenters. The van der Waals surface area contributed by atoms with E-state index in [4.69, 9.17) is 12.2 Å². The van der Waals surface area contributed by atoms with E-state index in [2.05, 4.69) is 5.92 Å². The molecule has 0 amide bonds. The summed E-state index contributed by atoms with van der Waals surface area (Å²) in [6, 6.07) is 0. The molecule has 0 aliphatic rings. The van der Waals surface area contributed by atoms with Crippen LogP contribution in [0, 0.1) is 24.2 Å². The van der Waals surface area contributed by atoms with E-state index in [1.54, 1.807) is 0 Å². The zero-order chi connectivity index (χ0) is 9.56. The Balaban J connectivity index is 3.96. The molecule has 0 heterocycles. The van der Waals surface area contributed by atoms with E-state index in [0.717, 1.165) is 0 Å². The summed E-state index contributed by atoms with van der Waals surface area (Å²) >= 11 is 0. The molecule has 0 aromatic rings. The minimum absolute atomic E-state index is 0.0154. The highest BCUT2D eigenvalue weighted by Gasteiger charge is 2.19. The van der Waals surface area contributed by atoms with Crippen LogP contribution >= 0.6 is 0 Å². The van der Waals surface area contributed by atoms with E-state index in [9.17, 15) is 4.79 Å². The molecular weight excluding hydrogens is 150 g/mol. The normalized spacial score (nSPS) is 12.6. The van der Waals surface area contributed by atoms with Crippen molar-refractivity contribution in [2.45, 2.75) is 26.7 Å². The number of hydrogen-bond acceptors (Lipinski definition) is 2. The van der Waals surface area contributed by atoms with Gasteiger partial charge >= 0.3 is 0 Å². The average molecular weight is 167 g/mol. The molecule has 2 heteroatoms. The van der Waals surface area contributed by atoms with Crippen LogP contribution in [0.25, 0.3) is 0 Å². The Bertz CT molecular complexity index is 179. The van der Waals surface area contributed by atoms with Gasteiger partial charge in [-0.3, -0.25) is 4.79 Å². The van der Waals surface area contributed by atoms with E-state index in [-0.39, 0.29) is 11.7 Å². The van der Waals surface area contributed by atoms with E-state index >= 15 is 0 Å². The summed E-state index contributed by atoms with van der Waals surface area (Å²) < 4.78 is 0. The van der Waals surface area contributed by atoms with Gasteiger partial charge in [-0.2, -0.15) is 0 Å². The number of Topliss-reactive ketones (excluding diaryl/α,β-unsaturated/α-hetero) is 1. The molecule has 0 radical (unpaired) electrons. The fourth-order valence-electron chi connectivity index (χ4n) is 1.16. The zero-order valence-corrected chi connectivity index (χ0v) is 7.84. The summed E-state index contributed by atoms with van der Waals surface area (Å²) in [6.45, 7) is 4.44. The number of rotatable bonds is 5. The van der Waals surface area contributed by atoms with E-state index in [1.165, 1.54) is 0 Å². The maximum Gasteiger partial charge on any atom is 0.138 e. The third-order valence-corrected chi connectivity index (χ3v) is 1.99. The highest BCUT2D eigenvalue weighted by Crippen LogP contribution is 2.12. The first-order chi connectivity index (χ1) is 5.63. The Hall–Kier alpha value is -0.810. The molecule has 0 fully saturated rings. The second-order valence-electron chi connectivity index (χ2n) is 3.26. The van der Waals surface area contributed by atoms with Crippen LogP contribution in [-0.2, 0) is 4.79 Å². The quantitative estimate of drug-likeness (QED) is 0.625. The Morgan fingerprint density at radius 2 is 2.17 bits per heavy atom. The number of ketones is 1. The van der Waals surface area contributed by atoms with Crippen LogP contribution in [0.4, 0.5) is 0 Å². The number of terminal acetylenes is 1. The fourth-order valence-corrected chi connectivity index (χ4v) is 1.16. The molecule has 0 aliphatic carbocycles. The van der Waals surface area contributed by atoms with Gasteiger partial charge in [-0.1, -0.05) is 13.8 Å². The van der Waals surface area contributed by atoms with Gasteiger partial charge in [0, 0.05) is 25.3 Å². The Labute approximate surface area is 74.5 Å². The van der Waals surface area contributed by atoms with Crippen molar-refractivity contribution in [3.8, 4) is 12.3 Å². The molecule has 0 aliphatic heterocycles. The van der Waals surface area contributed by atoms with Crippen molar-refractivity contribution in [1.82, 2.24) is 0 Å². The van der Waals surface area contributed by atoms with Gasteiger partial charge in [0.15, 0.2) is 0 Å². The van der Waals surface area contributed by atoms with Crippen molar-refractivity contribution in [2.75, 3.05) is 6.54 Å². The van der Waals surface area contributed by atoms with Gasteiger partial charge in [0.05, 0.1) is 0 Å². The largest absolute Gasteiger partial charge is 0.330 e. The third-order valence-electron chi connectivity index (χ3n) is 1.99. The summed E-state index contributed by atoms with van der Waals surface area (Å²) in [6.07, 6.45) is 6.06. The van der Waals surface area contributed by atoms with Gasteiger partial charge in [0.2, 0.25) is 0 Å². The molecule has 1 atom stereocenters. The minimum Gasteiger partial charge on any atom is -0.330 e. The van der Waals surface area contributed by atoms with Crippen LogP contribution in [-0.4, -0.2) is 12.3 Å². The molecule has 0 aromatic carbocycles. The number of nitrogens with two attached hydrogens (primary N) is 1. The predicted octanol–water partition coefficient (Wildman–Crippen LogP) is 1.20. The molecule has 2 N–H and O–H groups in total. The molecule has 2 nitrogen and oxygen atoms in total. The lowest BCUT2D eigenvalue weighted by Gasteiger charge is -2.16. The molecule has 0 bridgehead atoms. The maximum absolute atomic E-state index is 11.4. The molecule has 12 heavy (non-hydrogen) atoms. The van der Waals surface area contributed by atoms with Gasteiger partial charge < -0.3 is 5.73 Å². The standard InChI is InChI=1S/C10H17NO/c1-4-5-6-10(12)9(7-11)8(2)3/h1,8-9H,5-7,11H2,2-3H3. The molecule has 0 saturated heterocycles. The first-order valence-corrected chi connectivity index (χ1v) is 4.29. The van der Waals surface area contributed by atoms with Crippen LogP contribution in [0.5, 0.6) is 0 Å². The zero-order valence-electron chi connectivity index (χ0n) is 7.84. The lowest BCUT2D eigenvalue weighted by Crippen LogP contribution is -2.28. The maximum atomic E-state index is 11.4. The molecule has 68 valence electrons. The van der Waals surface area contributed by atoms with Gasteiger partial charge in [0.25, 0.3) is 0 Å². The average Bonchev–Trinajstić information content (AvgIpc) is 2.01. The van der Waals surface area contributed by atoms with Crippen molar-refractivity contribution in [1.29, 1.82) is 0 Å². The molecule has 0 rings (SSSR count). The Kier molecular flexibility index (Phi) is 5.40. The summed E-state index contributed by atoms with van der Waals surface area (Å²) in [4.78, 5) is 11.4. The molecule has 0 spiro atoms. The smallest absolute Gasteiger partial charge is 0.138 e. The second kappa shape index (κ2) is 5.79. The summed E-state index contributed by atoms with van der Waals surface area (Å²) in [5.74, 6) is 2.96. The van der Waals surface area contributed by atoms with Crippen molar-refractivity contribution in [2.24, 2.45) is 17.6 Å². The number of carbonyl (C=O) groups excluding carboxylic acids is 1. The molecule has 0 aromatic heterocycles. The Morgan fingerprint density at radius 1 is 1.58 bits per heavy atom. The fraction of sp³-hybridized carbons (Fsp3) is 0.700. The van der Waals surface area contributed by atoms with Crippen LogP contribution in [0.15, 0.2) is 0 Å². The number of hydrogen-bond donors (Lipinski definition) is 1. The predicted molar refractivity (Wildman–Crippen MR) is 50.5 cm³/mol. The minimum atomic E-state index is -0.0154. The van der Waals surface area contributed by atoms with Crippen LogP contribution in [0.1, 0.15) is 26.7 Å². The highest BCUT2D eigenvalue weighted by atomic mass is 16.1. The Morgan fingerprint density at radius 3 is 2.50 bits per heavy atom. The van der Waals surface area contributed by atoms with Crippen molar-refractivity contribution < 1.29 is 4.79 Å².